The Hall–Kier alpha value is -0.870. The highest BCUT2D eigenvalue weighted by atomic mass is 16.4. The van der Waals surface area contributed by atoms with Crippen LogP contribution < -0.4 is 5.11 Å². The van der Waals surface area contributed by atoms with Gasteiger partial charge in [-0.3, -0.25) is 0 Å². The quantitative estimate of drug-likeness (QED) is 0.418. The molecule has 0 amide bonds. The lowest BCUT2D eigenvalue weighted by molar-refractivity contribution is -0.933. The second kappa shape index (κ2) is 11.7. The van der Waals surface area contributed by atoms with Crippen LogP contribution in [-0.2, 0) is 4.79 Å². The van der Waals surface area contributed by atoms with Gasteiger partial charge in [-0.15, -0.1) is 0 Å². The van der Waals surface area contributed by atoms with E-state index in [1.165, 1.54) is 0 Å². The van der Waals surface area contributed by atoms with Gasteiger partial charge < -0.3 is 19.5 Å². The fourth-order valence-electron chi connectivity index (χ4n) is 3.27. The summed E-state index contributed by atoms with van der Waals surface area (Å²) in [6, 6.07) is 0. The molecule has 0 heterocycles. The molecular formula is C18H35NO3. The number of carbonyl (C=O) groups excluding carboxylic acids is 1. The number of quaternary nitrogens is 1. The Morgan fingerprint density at radius 3 is 2.18 bits per heavy atom. The van der Waals surface area contributed by atoms with Gasteiger partial charge in [-0.2, -0.15) is 0 Å². The standard InChI is InChI=1S/C18H35NO3/c1-5-8-9-10-11-17(20)15-19(12-6-2,13-7-3)14-16(4)18(21)22/h8-9,16-17,20H,5-7,10-15H2,1-4H3/b9-8+. The lowest BCUT2D eigenvalue weighted by atomic mass is 10.1. The maximum Gasteiger partial charge on any atom is 0.105 e. The van der Waals surface area contributed by atoms with Crippen LogP contribution in [0, 0.1) is 5.92 Å². The summed E-state index contributed by atoms with van der Waals surface area (Å²) in [7, 11) is 0. The first-order valence-electron chi connectivity index (χ1n) is 8.79. The molecule has 0 fully saturated rings. The summed E-state index contributed by atoms with van der Waals surface area (Å²) in [6.07, 6.45) is 8.46. The van der Waals surface area contributed by atoms with Gasteiger partial charge in [-0.05, 0) is 32.1 Å². The van der Waals surface area contributed by atoms with Crippen molar-refractivity contribution in [3.05, 3.63) is 12.2 Å². The van der Waals surface area contributed by atoms with Gasteiger partial charge in [-0.25, -0.2) is 0 Å². The minimum absolute atomic E-state index is 0.381. The summed E-state index contributed by atoms with van der Waals surface area (Å²) >= 11 is 0. The maximum absolute atomic E-state index is 11.1. The van der Waals surface area contributed by atoms with Gasteiger partial charge in [0, 0.05) is 11.9 Å². The van der Waals surface area contributed by atoms with E-state index in [-0.39, 0.29) is 6.10 Å². The molecular weight excluding hydrogens is 278 g/mol. The van der Waals surface area contributed by atoms with Crippen molar-refractivity contribution in [3.8, 4) is 0 Å². The highest BCUT2D eigenvalue weighted by Crippen LogP contribution is 2.17. The first-order chi connectivity index (χ1) is 10.4. The van der Waals surface area contributed by atoms with Crippen molar-refractivity contribution < 1.29 is 19.5 Å². The Kier molecular flexibility index (Phi) is 11.2. The first kappa shape index (κ1) is 21.1. The summed E-state index contributed by atoms with van der Waals surface area (Å²) in [5.41, 5.74) is 0. The Labute approximate surface area is 136 Å². The normalized spacial score (nSPS) is 15.1. The Balaban J connectivity index is 4.80. The van der Waals surface area contributed by atoms with Crippen LogP contribution in [0.1, 0.15) is 59.8 Å². The number of aliphatic hydroxyl groups is 1. The Bertz CT molecular complexity index is 322. The zero-order valence-corrected chi connectivity index (χ0v) is 14.9. The van der Waals surface area contributed by atoms with Crippen LogP contribution in [0.3, 0.4) is 0 Å². The van der Waals surface area contributed by atoms with E-state index in [4.69, 9.17) is 0 Å². The van der Waals surface area contributed by atoms with Gasteiger partial charge in [-0.1, -0.05) is 39.8 Å². The molecule has 4 heteroatoms. The number of allylic oxidation sites excluding steroid dienone is 2. The highest BCUT2D eigenvalue weighted by Gasteiger charge is 2.31. The molecule has 0 aromatic carbocycles. The van der Waals surface area contributed by atoms with E-state index >= 15 is 0 Å². The van der Waals surface area contributed by atoms with Crippen molar-refractivity contribution in [1.29, 1.82) is 0 Å². The van der Waals surface area contributed by atoms with Gasteiger partial charge in [0.25, 0.3) is 0 Å². The van der Waals surface area contributed by atoms with E-state index in [9.17, 15) is 15.0 Å². The van der Waals surface area contributed by atoms with Crippen molar-refractivity contribution in [2.24, 2.45) is 5.92 Å². The van der Waals surface area contributed by atoms with Crippen LogP contribution in [0.2, 0.25) is 0 Å². The minimum Gasteiger partial charge on any atom is -0.550 e. The predicted octanol–water partition coefficient (Wildman–Crippen LogP) is 2.12. The molecule has 0 saturated heterocycles. The molecule has 0 aromatic rings. The van der Waals surface area contributed by atoms with E-state index in [1.54, 1.807) is 6.92 Å². The van der Waals surface area contributed by atoms with Gasteiger partial charge >= 0.3 is 0 Å². The van der Waals surface area contributed by atoms with E-state index in [1.807, 2.05) is 0 Å². The van der Waals surface area contributed by atoms with Crippen molar-refractivity contribution >= 4 is 5.97 Å². The molecule has 0 aliphatic rings. The highest BCUT2D eigenvalue weighted by molar-refractivity contribution is 5.67. The number of carboxylic acids is 1. The molecule has 4 nitrogen and oxygen atoms in total. The van der Waals surface area contributed by atoms with Gasteiger partial charge in [0.05, 0.1) is 19.6 Å². The van der Waals surface area contributed by atoms with Crippen molar-refractivity contribution in [3.63, 3.8) is 0 Å². The summed E-state index contributed by atoms with van der Waals surface area (Å²) < 4.78 is 0.681. The Morgan fingerprint density at radius 2 is 1.73 bits per heavy atom. The lowest BCUT2D eigenvalue weighted by Gasteiger charge is -2.42. The molecule has 2 unspecified atom stereocenters. The van der Waals surface area contributed by atoms with Crippen molar-refractivity contribution in [2.45, 2.75) is 65.9 Å². The van der Waals surface area contributed by atoms with Crippen molar-refractivity contribution in [1.82, 2.24) is 0 Å². The van der Waals surface area contributed by atoms with Gasteiger partial charge in [0.15, 0.2) is 0 Å². The SMILES string of the molecule is CC/C=C/CCC(O)C[N+](CCC)(CCC)CC(C)C(=O)[O-]. The fourth-order valence-corrected chi connectivity index (χ4v) is 3.27. The van der Waals surface area contributed by atoms with Crippen LogP contribution in [0.25, 0.3) is 0 Å². The summed E-state index contributed by atoms with van der Waals surface area (Å²) in [5, 5.41) is 21.5. The number of aliphatic carboxylic acids is 1. The van der Waals surface area contributed by atoms with E-state index < -0.39 is 11.9 Å². The third kappa shape index (κ3) is 8.54. The molecule has 0 aliphatic carbocycles. The van der Waals surface area contributed by atoms with Gasteiger partial charge in [0.1, 0.15) is 12.6 Å². The molecule has 0 bridgehead atoms. The van der Waals surface area contributed by atoms with Crippen LogP contribution in [0.15, 0.2) is 12.2 Å². The van der Waals surface area contributed by atoms with Crippen LogP contribution >= 0.6 is 0 Å². The molecule has 0 saturated carbocycles. The zero-order chi connectivity index (χ0) is 17.0. The second-order valence-electron chi connectivity index (χ2n) is 6.48. The lowest BCUT2D eigenvalue weighted by Crippen LogP contribution is -2.57. The van der Waals surface area contributed by atoms with Crippen LogP contribution in [-0.4, -0.2) is 47.8 Å². The number of hydrogen-bond donors (Lipinski definition) is 1. The molecule has 130 valence electrons. The monoisotopic (exact) mass is 313 g/mol. The molecule has 22 heavy (non-hydrogen) atoms. The molecule has 0 rings (SSSR count). The third-order valence-corrected chi connectivity index (χ3v) is 4.13. The predicted molar refractivity (Wildman–Crippen MR) is 89.2 cm³/mol. The minimum atomic E-state index is -0.991. The second-order valence-corrected chi connectivity index (χ2v) is 6.48. The number of aliphatic hydroxyl groups excluding tert-OH is 1. The van der Waals surface area contributed by atoms with E-state index in [0.29, 0.717) is 17.6 Å². The first-order valence-corrected chi connectivity index (χ1v) is 8.79. The molecule has 0 radical (unpaired) electrons. The summed E-state index contributed by atoms with van der Waals surface area (Å²) in [6.45, 7) is 11.0. The topological polar surface area (TPSA) is 60.4 Å². The number of hydrogen-bond acceptors (Lipinski definition) is 3. The molecule has 0 aromatic heterocycles. The number of nitrogens with zero attached hydrogens (tertiary/aromatic N) is 1. The van der Waals surface area contributed by atoms with E-state index in [0.717, 1.165) is 45.2 Å². The summed E-state index contributed by atoms with van der Waals surface area (Å²) in [5.74, 6) is -1.47. The Morgan fingerprint density at radius 1 is 1.14 bits per heavy atom. The van der Waals surface area contributed by atoms with Crippen LogP contribution in [0.4, 0.5) is 0 Å². The molecule has 1 N–H and O–H groups in total. The largest absolute Gasteiger partial charge is 0.550 e. The van der Waals surface area contributed by atoms with Gasteiger partial charge in [0.2, 0.25) is 0 Å². The molecule has 2 atom stereocenters. The fraction of sp³-hybridized carbons (Fsp3) is 0.833. The van der Waals surface area contributed by atoms with Crippen LogP contribution in [0.5, 0.6) is 0 Å². The maximum atomic E-state index is 11.1. The van der Waals surface area contributed by atoms with E-state index in [2.05, 4.69) is 32.9 Å². The number of rotatable bonds is 13. The zero-order valence-electron chi connectivity index (χ0n) is 14.9. The number of carboxylic acid groups (broad SMARTS) is 1. The van der Waals surface area contributed by atoms with Crippen molar-refractivity contribution in [2.75, 3.05) is 26.2 Å². The third-order valence-electron chi connectivity index (χ3n) is 4.13. The molecule has 0 aliphatic heterocycles. The summed E-state index contributed by atoms with van der Waals surface area (Å²) in [4.78, 5) is 11.1. The average molecular weight is 313 g/mol. The average Bonchev–Trinajstić information content (AvgIpc) is 2.44. The molecule has 0 spiro atoms. The smallest absolute Gasteiger partial charge is 0.105 e. The number of carbonyl (C=O) groups is 1.